The lowest BCUT2D eigenvalue weighted by Gasteiger charge is -2.16. The van der Waals surface area contributed by atoms with Gasteiger partial charge in [0.2, 0.25) is 5.82 Å². The van der Waals surface area contributed by atoms with Gasteiger partial charge in [-0.05, 0) is 19.6 Å². The van der Waals surface area contributed by atoms with E-state index in [2.05, 4.69) is 33.2 Å². The molecule has 0 saturated heterocycles. The first kappa shape index (κ1) is 14.8. The third-order valence-corrected chi connectivity index (χ3v) is 3.17. The zero-order valence-electron chi connectivity index (χ0n) is 11.2. The summed E-state index contributed by atoms with van der Waals surface area (Å²) in [6, 6.07) is 2.16. The highest BCUT2D eigenvalue weighted by Crippen LogP contribution is 2.12. The third kappa shape index (κ3) is 4.18. The molecular weight excluding hydrogens is 250 g/mol. The zero-order chi connectivity index (χ0) is 13.5. The van der Waals surface area contributed by atoms with Crippen molar-refractivity contribution in [1.82, 2.24) is 9.97 Å². The van der Waals surface area contributed by atoms with E-state index in [0.29, 0.717) is 11.9 Å². The second-order valence-corrected chi connectivity index (χ2v) is 4.83. The Morgan fingerprint density at radius 2 is 2.28 bits per heavy atom. The monoisotopic (exact) mass is 269 g/mol. The van der Waals surface area contributed by atoms with Gasteiger partial charge < -0.3 is 10.1 Å². The summed E-state index contributed by atoms with van der Waals surface area (Å²) in [6.07, 6.45) is 3.06. The van der Waals surface area contributed by atoms with E-state index in [1.54, 1.807) is 11.8 Å². The molecule has 0 fully saturated rings. The molecule has 0 bridgehead atoms. The van der Waals surface area contributed by atoms with Gasteiger partial charge in [0.05, 0.1) is 7.11 Å². The van der Waals surface area contributed by atoms with Crippen LogP contribution in [0.4, 0.5) is 5.82 Å². The summed E-state index contributed by atoms with van der Waals surface area (Å²) in [5.41, 5.74) is 0.743. The highest BCUT2D eigenvalue weighted by atomic mass is 32.2. The number of aromatic nitrogens is 2. The van der Waals surface area contributed by atoms with Crippen LogP contribution in [0.1, 0.15) is 29.7 Å². The number of rotatable bonds is 6. The molecule has 100 valence electrons. The Labute approximate surface area is 112 Å². The summed E-state index contributed by atoms with van der Waals surface area (Å²) in [7, 11) is 1.32. The SMILES string of the molecule is CCC(CSC)Nc1cc(C)nc(C(=O)OC)n1. The lowest BCUT2D eigenvalue weighted by atomic mass is 10.2. The van der Waals surface area contributed by atoms with E-state index >= 15 is 0 Å². The topological polar surface area (TPSA) is 64.1 Å². The first-order chi connectivity index (χ1) is 8.60. The molecular formula is C12H19N3O2S. The number of thioether (sulfide) groups is 1. The largest absolute Gasteiger partial charge is 0.463 e. The molecule has 0 aromatic carbocycles. The summed E-state index contributed by atoms with van der Waals surface area (Å²) < 4.78 is 4.63. The second kappa shape index (κ2) is 7.20. The van der Waals surface area contributed by atoms with E-state index in [-0.39, 0.29) is 5.82 Å². The number of hydrogen-bond acceptors (Lipinski definition) is 6. The van der Waals surface area contributed by atoms with Crippen LogP contribution in [0.15, 0.2) is 6.07 Å². The molecule has 18 heavy (non-hydrogen) atoms. The molecule has 1 N–H and O–H groups in total. The first-order valence-electron chi connectivity index (χ1n) is 5.80. The molecule has 0 aliphatic rings. The second-order valence-electron chi connectivity index (χ2n) is 3.91. The fourth-order valence-electron chi connectivity index (χ4n) is 1.50. The fraction of sp³-hybridized carbons (Fsp3) is 0.583. The summed E-state index contributed by atoms with van der Waals surface area (Å²) in [5.74, 6) is 1.25. The van der Waals surface area contributed by atoms with Crippen molar-refractivity contribution >= 4 is 23.5 Å². The van der Waals surface area contributed by atoms with Crippen LogP contribution >= 0.6 is 11.8 Å². The minimum absolute atomic E-state index is 0.0963. The van der Waals surface area contributed by atoms with E-state index in [1.807, 2.05) is 13.0 Å². The van der Waals surface area contributed by atoms with Crippen molar-refractivity contribution in [3.8, 4) is 0 Å². The maximum Gasteiger partial charge on any atom is 0.376 e. The number of nitrogens with one attached hydrogen (secondary N) is 1. The van der Waals surface area contributed by atoms with Crippen LogP contribution in [0.3, 0.4) is 0 Å². The molecule has 1 atom stereocenters. The average molecular weight is 269 g/mol. The van der Waals surface area contributed by atoms with Gasteiger partial charge in [-0.2, -0.15) is 11.8 Å². The third-order valence-electron chi connectivity index (χ3n) is 2.43. The highest BCUT2D eigenvalue weighted by Gasteiger charge is 2.13. The molecule has 6 heteroatoms. The van der Waals surface area contributed by atoms with Crippen molar-refractivity contribution in [3.05, 3.63) is 17.6 Å². The molecule has 0 aliphatic carbocycles. The van der Waals surface area contributed by atoms with Gasteiger partial charge in [0.25, 0.3) is 0 Å². The van der Waals surface area contributed by atoms with E-state index in [0.717, 1.165) is 17.9 Å². The Morgan fingerprint density at radius 3 is 2.83 bits per heavy atom. The average Bonchev–Trinajstić information content (AvgIpc) is 2.36. The number of ether oxygens (including phenoxy) is 1. The number of nitrogens with zero attached hydrogens (tertiary/aromatic N) is 2. The lowest BCUT2D eigenvalue weighted by molar-refractivity contribution is 0.0586. The summed E-state index contributed by atoms with van der Waals surface area (Å²) in [5, 5.41) is 3.31. The first-order valence-corrected chi connectivity index (χ1v) is 7.19. The van der Waals surface area contributed by atoms with Gasteiger partial charge in [-0.3, -0.25) is 0 Å². The number of methoxy groups -OCH3 is 1. The quantitative estimate of drug-likeness (QED) is 0.798. The van der Waals surface area contributed by atoms with Crippen LogP contribution in [-0.2, 0) is 4.74 Å². The van der Waals surface area contributed by atoms with Crippen LogP contribution in [0.25, 0.3) is 0 Å². The smallest absolute Gasteiger partial charge is 0.376 e. The lowest BCUT2D eigenvalue weighted by Crippen LogP contribution is -2.23. The molecule has 1 heterocycles. The van der Waals surface area contributed by atoms with Gasteiger partial charge in [0.1, 0.15) is 5.82 Å². The van der Waals surface area contributed by atoms with Crippen molar-refractivity contribution in [2.75, 3.05) is 24.4 Å². The highest BCUT2D eigenvalue weighted by molar-refractivity contribution is 7.98. The molecule has 5 nitrogen and oxygen atoms in total. The maximum absolute atomic E-state index is 11.4. The molecule has 0 saturated carbocycles. The summed E-state index contributed by atoms with van der Waals surface area (Å²) in [6.45, 7) is 3.94. The van der Waals surface area contributed by atoms with Gasteiger partial charge in [-0.1, -0.05) is 6.92 Å². The Hall–Kier alpha value is -1.30. The normalized spacial score (nSPS) is 12.0. The van der Waals surface area contributed by atoms with Crippen LogP contribution in [0.2, 0.25) is 0 Å². The molecule has 1 aromatic heterocycles. The molecule has 1 rings (SSSR count). The van der Waals surface area contributed by atoms with Crippen molar-refractivity contribution < 1.29 is 9.53 Å². The number of aryl methyl sites for hydroxylation is 1. The Kier molecular flexibility index (Phi) is 5.91. The Balaban J connectivity index is 2.88. The number of carbonyl (C=O) groups is 1. The fourth-order valence-corrected chi connectivity index (χ4v) is 2.22. The Morgan fingerprint density at radius 1 is 1.56 bits per heavy atom. The molecule has 0 amide bonds. The van der Waals surface area contributed by atoms with Crippen molar-refractivity contribution in [2.24, 2.45) is 0 Å². The van der Waals surface area contributed by atoms with Gasteiger partial charge in [0, 0.05) is 23.6 Å². The minimum Gasteiger partial charge on any atom is -0.463 e. The predicted octanol–water partition coefficient (Wildman–Crippen LogP) is 2.13. The predicted molar refractivity (Wildman–Crippen MR) is 74.2 cm³/mol. The summed E-state index contributed by atoms with van der Waals surface area (Å²) >= 11 is 1.78. The minimum atomic E-state index is -0.514. The van der Waals surface area contributed by atoms with Crippen molar-refractivity contribution in [2.45, 2.75) is 26.3 Å². The van der Waals surface area contributed by atoms with E-state index < -0.39 is 5.97 Å². The molecule has 0 radical (unpaired) electrons. The van der Waals surface area contributed by atoms with Crippen molar-refractivity contribution in [3.63, 3.8) is 0 Å². The maximum atomic E-state index is 11.4. The van der Waals surface area contributed by atoms with E-state index in [1.165, 1.54) is 7.11 Å². The van der Waals surface area contributed by atoms with Gasteiger partial charge in [-0.25, -0.2) is 14.8 Å². The van der Waals surface area contributed by atoms with Gasteiger partial charge in [0.15, 0.2) is 0 Å². The molecule has 1 unspecified atom stereocenters. The molecule has 1 aromatic rings. The summed E-state index contributed by atoms with van der Waals surface area (Å²) in [4.78, 5) is 19.6. The number of esters is 1. The number of carbonyl (C=O) groups excluding carboxylic acids is 1. The molecule has 0 aliphatic heterocycles. The zero-order valence-corrected chi connectivity index (χ0v) is 12.0. The number of hydrogen-bond donors (Lipinski definition) is 1. The number of anilines is 1. The van der Waals surface area contributed by atoms with Crippen molar-refractivity contribution in [1.29, 1.82) is 0 Å². The van der Waals surface area contributed by atoms with Crippen LogP contribution < -0.4 is 5.32 Å². The van der Waals surface area contributed by atoms with Crippen LogP contribution in [0.5, 0.6) is 0 Å². The van der Waals surface area contributed by atoms with Crippen LogP contribution in [0, 0.1) is 6.92 Å². The standard InChI is InChI=1S/C12H19N3O2S/c1-5-9(7-18-4)14-10-6-8(2)13-11(15-10)12(16)17-3/h6,9H,5,7H2,1-4H3,(H,13,14,15). The van der Waals surface area contributed by atoms with Gasteiger partial charge >= 0.3 is 5.97 Å². The molecule has 0 spiro atoms. The van der Waals surface area contributed by atoms with Gasteiger partial charge in [-0.15, -0.1) is 0 Å². The van der Waals surface area contributed by atoms with E-state index in [4.69, 9.17) is 0 Å². The van der Waals surface area contributed by atoms with Crippen LogP contribution in [-0.4, -0.2) is 41.1 Å². The van der Waals surface area contributed by atoms with E-state index in [9.17, 15) is 4.79 Å². The Bertz CT molecular complexity index is 412.